The van der Waals surface area contributed by atoms with Crippen molar-refractivity contribution >= 4 is 11.6 Å². The first-order valence-electron chi connectivity index (χ1n) is 7.91. The van der Waals surface area contributed by atoms with E-state index >= 15 is 0 Å². The van der Waals surface area contributed by atoms with Crippen molar-refractivity contribution in [3.63, 3.8) is 0 Å². The van der Waals surface area contributed by atoms with E-state index in [2.05, 4.69) is 24.0 Å². The fraction of sp³-hybridized carbons (Fsp3) is 0.588. The number of rotatable bonds is 6. The molecule has 0 atom stereocenters. The van der Waals surface area contributed by atoms with Crippen LogP contribution in [0.5, 0.6) is 0 Å². The lowest BCUT2D eigenvalue weighted by Gasteiger charge is -2.31. The maximum Gasteiger partial charge on any atom is 0.242 e. The van der Waals surface area contributed by atoms with E-state index in [1.807, 2.05) is 17.0 Å². The SMILES string of the molecule is Cc1cccc(N(CCCO)CC(=O)N2CCCCC2)c1. The summed E-state index contributed by atoms with van der Waals surface area (Å²) in [6.45, 7) is 5.10. The number of piperidine rings is 1. The standard InChI is InChI=1S/C17H26N2O2/c1-15-7-5-8-16(13-15)19(11-6-12-20)14-17(21)18-9-3-2-4-10-18/h5,7-8,13,20H,2-4,6,9-12,14H2,1H3. The number of likely N-dealkylation sites (tertiary alicyclic amines) is 1. The predicted molar refractivity (Wildman–Crippen MR) is 85.5 cm³/mol. The van der Waals surface area contributed by atoms with Gasteiger partial charge >= 0.3 is 0 Å². The minimum Gasteiger partial charge on any atom is -0.396 e. The van der Waals surface area contributed by atoms with Gasteiger partial charge in [-0.15, -0.1) is 0 Å². The second-order valence-corrected chi connectivity index (χ2v) is 5.78. The molecule has 0 saturated carbocycles. The number of hydrogen-bond acceptors (Lipinski definition) is 3. The Balaban J connectivity index is 2.03. The summed E-state index contributed by atoms with van der Waals surface area (Å²) in [6.07, 6.45) is 4.15. The van der Waals surface area contributed by atoms with Crippen LogP contribution >= 0.6 is 0 Å². The number of aryl methyl sites for hydroxylation is 1. The average molecular weight is 290 g/mol. The molecule has 1 amide bonds. The number of amides is 1. The fourth-order valence-electron chi connectivity index (χ4n) is 2.79. The molecule has 1 aliphatic rings. The van der Waals surface area contributed by atoms with Gasteiger partial charge in [0.15, 0.2) is 0 Å². The molecule has 0 aromatic heterocycles. The molecule has 0 unspecified atom stereocenters. The fourth-order valence-corrected chi connectivity index (χ4v) is 2.79. The van der Waals surface area contributed by atoms with Gasteiger partial charge in [-0.05, 0) is 50.3 Å². The number of carbonyl (C=O) groups excluding carboxylic acids is 1. The maximum atomic E-state index is 12.5. The van der Waals surface area contributed by atoms with Crippen LogP contribution in [0.2, 0.25) is 0 Å². The topological polar surface area (TPSA) is 43.8 Å². The van der Waals surface area contributed by atoms with Gasteiger partial charge in [-0.1, -0.05) is 12.1 Å². The van der Waals surface area contributed by atoms with Crippen LogP contribution in [-0.2, 0) is 4.79 Å². The van der Waals surface area contributed by atoms with Crippen molar-refractivity contribution < 1.29 is 9.90 Å². The quantitative estimate of drug-likeness (QED) is 0.873. The highest BCUT2D eigenvalue weighted by Crippen LogP contribution is 2.17. The lowest BCUT2D eigenvalue weighted by Crippen LogP contribution is -2.43. The molecule has 1 aromatic rings. The van der Waals surface area contributed by atoms with Gasteiger partial charge in [-0.25, -0.2) is 0 Å². The van der Waals surface area contributed by atoms with Crippen LogP contribution in [-0.4, -0.2) is 48.7 Å². The number of hydrogen-bond donors (Lipinski definition) is 1. The molecule has 116 valence electrons. The van der Waals surface area contributed by atoms with Crippen LogP contribution in [0, 0.1) is 6.92 Å². The summed E-state index contributed by atoms with van der Waals surface area (Å²) in [5, 5.41) is 9.08. The highest BCUT2D eigenvalue weighted by molar-refractivity contribution is 5.81. The number of nitrogens with zero attached hydrogens (tertiary/aromatic N) is 2. The molecule has 21 heavy (non-hydrogen) atoms. The van der Waals surface area contributed by atoms with Crippen LogP contribution in [0.3, 0.4) is 0 Å². The molecule has 0 bridgehead atoms. The molecular formula is C17H26N2O2. The molecule has 1 fully saturated rings. The maximum absolute atomic E-state index is 12.5. The van der Waals surface area contributed by atoms with Crippen molar-refractivity contribution in [3.05, 3.63) is 29.8 Å². The Hall–Kier alpha value is -1.55. The molecule has 1 aliphatic heterocycles. The molecule has 1 aromatic carbocycles. The van der Waals surface area contributed by atoms with Gasteiger partial charge in [0.05, 0.1) is 6.54 Å². The first-order valence-corrected chi connectivity index (χ1v) is 7.91. The second kappa shape index (κ2) is 8.03. The van der Waals surface area contributed by atoms with Crippen molar-refractivity contribution in [1.82, 2.24) is 4.90 Å². The zero-order chi connectivity index (χ0) is 15.1. The van der Waals surface area contributed by atoms with Crippen molar-refractivity contribution in [2.24, 2.45) is 0 Å². The van der Waals surface area contributed by atoms with Crippen LogP contribution in [0.15, 0.2) is 24.3 Å². The van der Waals surface area contributed by atoms with Crippen LogP contribution in [0.25, 0.3) is 0 Å². The monoisotopic (exact) mass is 290 g/mol. The van der Waals surface area contributed by atoms with Gasteiger partial charge in [0.2, 0.25) is 5.91 Å². The smallest absolute Gasteiger partial charge is 0.242 e. The van der Waals surface area contributed by atoms with E-state index in [-0.39, 0.29) is 12.5 Å². The van der Waals surface area contributed by atoms with Gasteiger partial charge in [0.1, 0.15) is 0 Å². The number of benzene rings is 1. The molecule has 1 N–H and O–H groups in total. The van der Waals surface area contributed by atoms with E-state index in [0.717, 1.165) is 31.6 Å². The van der Waals surface area contributed by atoms with Crippen LogP contribution in [0.1, 0.15) is 31.2 Å². The largest absolute Gasteiger partial charge is 0.396 e. The summed E-state index contributed by atoms with van der Waals surface area (Å²) < 4.78 is 0. The third kappa shape index (κ3) is 4.74. The zero-order valence-corrected chi connectivity index (χ0v) is 12.9. The summed E-state index contributed by atoms with van der Waals surface area (Å²) in [5.41, 5.74) is 2.25. The van der Waals surface area contributed by atoms with Crippen molar-refractivity contribution in [2.75, 3.05) is 37.7 Å². The van der Waals surface area contributed by atoms with Gasteiger partial charge in [-0.2, -0.15) is 0 Å². The Labute approximate surface area is 127 Å². The highest BCUT2D eigenvalue weighted by Gasteiger charge is 2.19. The lowest BCUT2D eigenvalue weighted by molar-refractivity contribution is -0.130. The lowest BCUT2D eigenvalue weighted by atomic mass is 10.1. The molecule has 0 aliphatic carbocycles. The Bertz CT molecular complexity index is 456. The van der Waals surface area contributed by atoms with E-state index in [4.69, 9.17) is 5.11 Å². The molecule has 0 spiro atoms. The summed E-state index contributed by atoms with van der Waals surface area (Å²) in [4.78, 5) is 16.5. The molecule has 0 radical (unpaired) electrons. The predicted octanol–water partition coefficient (Wildman–Crippen LogP) is 2.20. The summed E-state index contributed by atoms with van der Waals surface area (Å²) in [6, 6.07) is 8.21. The zero-order valence-electron chi connectivity index (χ0n) is 12.9. The first-order chi connectivity index (χ1) is 10.2. The summed E-state index contributed by atoms with van der Waals surface area (Å²) in [7, 11) is 0. The van der Waals surface area contributed by atoms with Crippen molar-refractivity contribution in [1.29, 1.82) is 0 Å². The number of aliphatic hydroxyl groups is 1. The minimum atomic E-state index is 0.153. The molecule has 1 saturated heterocycles. The highest BCUT2D eigenvalue weighted by atomic mass is 16.3. The Morgan fingerprint density at radius 1 is 1.29 bits per heavy atom. The third-order valence-corrected chi connectivity index (χ3v) is 3.99. The summed E-state index contributed by atoms with van der Waals surface area (Å²) >= 11 is 0. The van der Waals surface area contributed by atoms with Gasteiger partial charge in [-0.3, -0.25) is 4.79 Å². The van der Waals surface area contributed by atoms with E-state index in [1.54, 1.807) is 0 Å². The molecule has 1 heterocycles. The van der Waals surface area contributed by atoms with Gasteiger partial charge in [0.25, 0.3) is 0 Å². The first kappa shape index (κ1) is 15.8. The minimum absolute atomic E-state index is 0.153. The molecule has 4 nitrogen and oxygen atoms in total. The Morgan fingerprint density at radius 2 is 2.05 bits per heavy atom. The normalized spacial score (nSPS) is 15.0. The molecule has 4 heteroatoms. The van der Waals surface area contributed by atoms with E-state index in [9.17, 15) is 4.79 Å². The van der Waals surface area contributed by atoms with Crippen LogP contribution < -0.4 is 4.90 Å². The van der Waals surface area contributed by atoms with Crippen molar-refractivity contribution in [3.8, 4) is 0 Å². The van der Waals surface area contributed by atoms with Gasteiger partial charge < -0.3 is 14.9 Å². The Morgan fingerprint density at radius 3 is 2.71 bits per heavy atom. The average Bonchev–Trinajstić information content (AvgIpc) is 2.52. The number of carbonyl (C=O) groups is 1. The summed E-state index contributed by atoms with van der Waals surface area (Å²) in [5.74, 6) is 0.203. The second-order valence-electron chi connectivity index (χ2n) is 5.78. The van der Waals surface area contributed by atoms with E-state index < -0.39 is 0 Å². The van der Waals surface area contributed by atoms with E-state index in [1.165, 1.54) is 12.0 Å². The van der Waals surface area contributed by atoms with E-state index in [0.29, 0.717) is 19.5 Å². The number of aliphatic hydroxyl groups excluding tert-OH is 1. The Kier molecular flexibility index (Phi) is 6.05. The molecular weight excluding hydrogens is 264 g/mol. The van der Waals surface area contributed by atoms with Crippen LogP contribution in [0.4, 0.5) is 5.69 Å². The van der Waals surface area contributed by atoms with Gasteiger partial charge in [0, 0.05) is 31.9 Å². The molecule has 2 rings (SSSR count). The van der Waals surface area contributed by atoms with Crippen molar-refractivity contribution in [2.45, 2.75) is 32.6 Å². The third-order valence-electron chi connectivity index (χ3n) is 3.99. The number of anilines is 1.